The molecular formula is C20H26N2OS. The lowest BCUT2D eigenvalue weighted by Gasteiger charge is -2.54. The smallest absolute Gasteiger partial charge is 0.257 e. The van der Waals surface area contributed by atoms with E-state index in [0.717, 1.165) is 30.1 Å². The van der Waals surface area contributed by atoms with E-state index in [9.17, 15) is 4.79 Å². The first-order valence-electron chi connectivity index (χ1n) is 9.33. The number of aryl methyl sites for hydroxylation is 1. The van der Waals surface area contributed by atoms with Crippen LogP contribution in [0.15, 0.2) is 24.3 Å². The average Bonchev–Trinajstić information content (AvgIpc) is 2.57. The quantitative estimate of drug-likeness (QED) is 0.824. The fraction of sp³-hybridized carbons (Fsp3) is 0.600. The van der Waals surface area contributed by atoms with E-state index in [1.807, 2.05) is 24.3 Å². The molecule has 4 saturated carbocycles. The number of hydrogen-bond donors (Lipinski definition) is 2. The highest BCUT2D eigenvalue weighted by Crippen LogP contribution is 2.53. The van der Waals surface area contributed by atoms with Gasteiger partial charge in [0.2, 0.25) is 0 Å². The molecule has 4 fully saturated rings. The Balaban J connectivity index is 1.35. The summed E-state index contributed by atoms with van der Waals surface area (Å²) in [7, 11) is 0. The van der Waals surface area contributed by atoms with Crippen LogP contribution >= 0.6 is 12.2 Å². The first kappa shape index (κ1) is 16.1. The minimum absolute atomic E-state index is 0.112. The summed E-state index contributed by atoms with van der Waals surface area (Å²) in [5.74, 6) is 3.29. The van der Waals surface area contributed by atoms with Crippen molar-refractivity contribution in [1.82, 2.24) is 10.6 Å². The Morgan fingerprint density at radius 2 is 1.62 bits per heavy atom. The summed E-state index contributed by atoms with van der Waals surface area (Å²) < 4.78 is 0. The predicted molar refractivity (Wildman–Crippen MR) is 99.9 cm³/mol. The van der Waals surface area contributed by atoms with Crippen molar-refractivity contribution in [1.29, 1.82) is 0 Å². The van der Waals surface area contributed by atoms with Gasteiger partial charge in [-0.3, -0.25) is 10.1 Å². The van der Waals surface area contributed by atoms with Crippen LogP contribution in [0.5, 0.6) is 0 Å². The maximum absolute atomic E-state index is 12.4. The number of rotatable bonds is 3. The second kappa shape index (κ2) is 6.47. The highest BCUT2D eigenvalue weighted by Gasteiger charge is 2.48. The Morgan fingerprint density at radius 1 is 1.04 bits per heavy atom. The van der Waals surface area contributed by atoms with E-state index >= 15 is 0 Å². The molecular weight excluding hydrogens is 316 g/mol. The van der Waals surface area contributed by atoms with Crippen LogP contribution in [0.3, 0.4) is 0 Å². The molecule has 4 bridgehead atoms. The highest BCUT2D eigenvalue weighted by molar-refractivity contribution is 7.80. The molecule has 1 aromatic rings. The molecule has 0 heterocycles. The fourth-order valence-electron chi connectivity index (χ4n) is 5.42. The van der Waals surface area contributed by atoms with E-state index < -0.39 is 0 Å². The summed E-state index contributed by atoms with van der Waals surface area (Å²) in [6.07, 6.45) is 7.82. The fourth-order valence-corrected chi connectivity index (χ4v) is 5.64. The van der Waals surface area contributed by atoms with Gasteiger partial charge in [-0.25, -0.2) is 0 Å². The summed E-state index contributed by atoms with van der Waals surface area (Å²) in [5, 5.41) is 6.86. The summed E-state index contributed by atoms with van der Waals surface area (Å²) in [6.45, 7) is 2.11. The van der Waals surface area contributed by atoms with Crippen LogP contribution in [-0.4, -0.2) is 17.1 Å². The van der Waals surface area contributed by atoms with Gasteiger partial charge in [-0.1, -0.05) is 19.1 Å². The SMILES string of the molecule is CCc1ccc(C(=O)NC(=S)NC2C3CC4CC(C3)CC2C4)cc1. The third-order valence-electron chi connectivity index (χ3n) is 6.38. The van der Waals surface area contributed by atoms with Crippen molar-refractivity contribution in [3.8, 4) is 0 Å². The number of benzene rings is 1. The zero-order chi connectivity index (χ0) is 16.7. The molecule has 0 aromatic heterocycles. The second-order valence-electron chi connectivity index (χ2n) is 7.93. The summed E-state index contributed by atoms with van der Waals surface area (Å²) in [4.78, 5) is 12.4. The minimum Gasteiger partial charge on any atom is -0.359 e. The molecule has 5 rings (SSSR count). The minimum atomic E-state index is -0.112. The van der Waals surface area contributed by atoms with E-state index in [2.05, 4.69) is 17.6 Å². The first-order chi connectivity index (χ1) is 11.6. The van der Waals surface area contributed by atoms with Crippen molar-refractivity contribution in [3.05, 3.63) is 35.4 Å². The zero-order valence-electron chi connectivity index (χ0n) is 14.3. The number of amides is 1. The molecule has 0 unspecified atom stereocenters. The lowest BCUT2D eigenvalue weighted by Crippen LogP contribution is -2.57. The summed E-state index contributed by atoms with van der Waals surface area (Å²) >= 11 is 5.44. The van der Waals surface area contributed by atoms with Gasteiger partial charge < -0.3 is 5.32 Å². The van der Waals surface area contributed by atoms with Crippen molar-refractivity contribution in [2.75, 3.05) is 0 Å². The van der Waals surface area contributed by atoms with Crippen LogP contribution in [0.25, 0.3) is 0 Å². The third-order valence-corrected chi connectivity index (χ3v) is 6.60. The van der Waals surface area contributed by atoms with Gasteiger partial charge in [0.15, 0.2) is 5.11 Å². The van der Waals surface area contributed by atoms with Crippen LogP contribution < -0.4 is 10.6 Å². The molecule has 1 amide bonds. The van der Waals surface area contributed by atoms with Crippen LogP contribution in [0.2, 0.25) is 0 Å². The van der Waals surface area contributed by atoms with E-state index in [4.69, 9.17) is 12.2 Å². The molecule has 24 heavy (non-hydrogen) atoms. The molecule has 0 spiro atoms. The van der Waals surface area contributed by atoms with E-state index in [-0.39, 0.29) is 5.91 Å². The van der Waals surface area contributed by atoms with Crippen LogP contribution in [-0.2, 0) is 6.42 Å². The van der Waals surface area contributed by atoms with Crippen LogP contribution in [0.4, 0.5) is 0 Å². The number of thiocarbonyl (C=S) groups is 1. The highest BCUT2D eigenvalue weighted by atomic mass is 32.1. The molecule has 0 radical (unpaired) electrons. The lowest BCUT2D eigenvalue weighted by atomic mass is 9.54. The predicted octanol–water partition coefficient (Wildman–Crippen LogP) is 3.68. The summed E-state index contributed by atoms with van der Waals surface area (Å²) in [6, 6.07) is 8.22. The molecule has 4 heteroatoms. The van der Waals surface area contributed by atoms with E-state index in [1.165, 1.54) is 37.7 Å². The van der Waals surface area contributed by atoms with Gasteiger partial charge in [0.25, 0.3) is 5.91 Å². The number of carbonyl (C=O) groups excluding carboxylic acids is 1. The molecule has 128 valence electrons. The van der Waals surface area contributed by atoms with Crippen LogP contribution in [0.1, 0.15) is 54.9 Å². The Kier molecular flexibility index (Phi) is 4.33. The topological polar surface area (TPSA) is 41.1 Å². The van der Waals surface area contributed by atoms with Gasteiger partial charge in [-0.2, -0.15) is 0 Å². The number of nitrogens with one attached hydrogen (secondary N) is 2. The lowest BCUT2D eigenvalue weighted by molar-refractivity contribution is -0.00692. The first-order valence-corrected chi connectivity index (χ1v) is 9.74. The van der Waals surface area contributed by atoms with E-state index in [0.29, 0.717) is 16.7 Å². The van der Waals surface area contributed by atoms with E-state index in [1.54, 1.807) is 0 Å². The van der Waals surface area contributed by atoms with Gasteiger partial charge in [-0.15, -0.1) is 0 Å². The molecule has 2 N–H and O–H groups in total. The maximum Gasteiger partial charge on any atom is 0.257 e. The van der Waals surface area contributed by atoms with Gasteiger partial charge in [0, 0.05) is 11.6 Å². The Hall–Kier alpha value is -1.42. The Labute approximate surface area is 149 Å². The number of hydrogen-bond acceptors (Lipinski definition) is 2. The maximum atomic E-state index is 12.4. The second-order valence-corrected chi connectivity index (χ2v) is 8.34. The monoisotopic (exact) mass is 342 g/mol. The molecule has 0 saturated heterocycles. The third kappa shape index (κ3) is 3.08. The Morgan fingerprint density at radius 3 is 2.17 bits per heavy atom. The van der Waals surface area contributed by atoms with Crippen molar-refractivity contribution in [2.45, 2.75) is 51.5 Å². The Bertz CT molecular complexity index is 612. The summed E-state index contributed by atoms with van der Waals surface area (Å²) in [5.41, 5.74) is 1.90. The average molecular weight is 343 g/mol. The standard InChI is InChI=1S/C20H26N2OS/c1-2-12-3-5-15(6-4-12)19(23)22-20(24)21-18-16-8-13-7-14(10-16)11-17(18)9-13/h3-6,13-14,16-18H,2,7-11H2,1H3,(H2,21,22,23,24). The van der Waals surface area contributed by atoms with Gasteiger partial charge in [0.05, 0.1) is 0 Å². The molecule has 0 aliphatic heterocycles. The van der Waals surface area contributed by atoms with Gasteiger partial charge >= 0.3 is 0 Å². The van der Waals surface area contributed by atoms with Crippen molar-refractivity contribution in [2.24, 2.45) is 23.7 Å². The van der Waals surface area contributed by atoms with Gasteiger partial charge in [0.1, 0.15) is 0 Å². The van der Waals surface area contributed by atoms with Crippen molar-refractivity contribution >= 4 is 23.2 Å². The number of carbonyl (C=O) groups is 1. The zero-order valence-corrected chi connectivity index (χ0v) is 15.1. The molecule has 3 nitrogen and oxygen atoms in total. The molecule has 4 aliphatic rings. The molecule has 1 aromatic carbocycles. The van der Waals surface area contributed by atoms with Crippen LogP contribution in [0, 0.1) is 23.7 Å². The largest absolute Gasteiger partial charge is 0.359 e. The van der Waals surface area contributed by atoms with Crippen molar-refractivity contribution < 1.29 is 4.79 Å². The molecule has 0 atom stereocenters. The van der Waals surface area contributed by atoms with Gasteiger partial charge in [-0.05, 0) is 92.1 Å². The molecule has 4 aliphatic carbocycles. The van der Waals surface area contributed by atoms with Crippen molar-refractivity contribution in [3.63, 3.8) is 0 Å². The normalized spacial score (nSPS) is 33.3.